The number of nitrogens with one attached hydrogen (secondary N) is 2. The van der Waals surface area contributed by atoms with E-state index in [1.807, 2.05) is 54.9 Å². The van der Waals surface area contributed by atoms with Crippen LogP contribution in [0.5, 0.6) is 0 Å². The Morgan fingerprint density at radius 1 is 1.14 bits per heavy atom. The van der Waals surface area contributed by atoms with E-state index in [2.05, 4.69) is 15.7 Å². The topological polar surface area (TPSA) is 79.3 Å². The second-order valence-corrected chi connectivity index (χ2v) is 7.17. The molecule has 0 radical (unpaired) electrons. The number of anilines is 2. The third-order valence-corrected chi connectivity index (χ3v) is 4.92. The molecule has 3 aromatic rings. The van der Waals surface area contributed by atoms with Gasteiger partial charge in [0.05, 0.1) is 12.2 Å². The summed E-state index contributed by atoms with van der Waals surface area (Å²) in [4.78, 5) is 26.1. The molecule has 2 heterocycles. The molecule has 7 nitrogen and oxygen atoms in total. The van der Waals surface area contributed by atoms with Crippen LogP contribution in [0.25, 0.3) is 0 Å². The zero-order chi connectivity index (χ0) is 20.4. The van der Waals surface area contributed by atoms with Gasteiger partial charge < -0.3 is 10.6 Å². The number of urea groups is 1. The first-order chi connectivity index (χ1) is 14.0. The average molecular weight is 389 g/mol. The lowest BCUT2D eigenvalue weighted by Crippen LogP contribution is -2.27. The Hall–Kier alpha value is -3.61. The molecule has 4 rings (SSSR count). The van der Waals surface area contributed by atoms with Crippen molar-refractivity contribution in [2.75, 3.05) is 23.3 Å². The van der Waals surface area contributed by atoms with Gasteiger partial charge >= 0.3 is 6.03 Å². The fourth-order valence-electron chi connectivity index (χ4n) is 3.46. The van der Waals surface area contributed by atoms with Gasteiger partial charge in [0.25, 0.3) is 5.91 Å². The molecule has 29 heavy (non-hydrogen) atoms. The maximum Gasteiger partial charge on any atom is 0.321 e. The van der Waals surface area contributed by atoms with E-state index in [0.29, 0.717) is 30.9 Å². The van der Waals surface area contributed by atoms with Crippen molar-refractivity contribution in [2.45, 2.75) is 20.4 Å². The van der Waals surface area contributed by atoms with Gasteiger partial charge in [0, 0.05) is 35.7 Å². The SMILES string of the molecule is Cc1cc(C)n(Cc2cccc(C(=O)Nc3ccc(N4CCNC4=O)cc3)c2)n1. The molecule has 0 bridgehead atoms. The summed E-state index contributed by atoms with van der Waals surface area (Å²) in [6.07, 6.45) is 0. The number of hydrogen-bond acceptors (Lipinski definition) is 3. The Morgan fingerprint density at radius 2 is 1.93 bits per heavy atom. The minimum atomic E-state index is -0.174. The quantitative estimate of drug-likeness (QED) is 0.702. The lowest BCUT2D eigenvalue weighted by molar-refractivity contribution is 0.102. The number of carbonyl (C=O) groups is 2. The average Bonchev–Trinajstić information content (AvgIpc) is 3.27. The van der Waals surface area contributed by atoms with Crippen molar-refractivity contribution < 1.29 is 9.59 Å². The van der Waals surface area contributed by atoms with Crippen LogP contribution < -0.4 is 15.5 Å². The molecule has 7 heteroatoms. The van der Waals surface area contributed by atoms with Gasteiger partial charge in [-0.1, -0.05) is 12.1 Å². The van der Waals surface area contributed by atoms with E-state index in [-0.39, 0.29) is 11.9 Å². The summed E-state index contributed by atoms with van der Waals surface area (Å²) in [5.41, 5.74) is 5.16. The molecule has 1 saturated heterocycles. The summed E-state index contributed by atoms with van der Waals surface area (Å²) in [5, 5.41) is 10.2. The first-order valence-corrected chi connectivity index (χ1v) is 9.56. The van der Waals surface area contributed by atoms with Gasteiger partial charge in [0.1, 0.15) is 0 Å². The Balaban J connectivity index is 1.44. The smallest absolute Gasteiger partial charge is 0.321 e. The highest BCUT2D eigenvalue weighted by atomic mass is 16.2. The van der Waals surface area contributed by atoms with Crippen LogP contribution in [0.1, 0.15) is 27.3 Å². The van der Waals surface area contributed by atoms with E-state index in [1.54, 1.807) is 23.1 Å². The van der Waals surface area contributed by atoms with Crippen LogP contribution in [0, 0.1) is 13.8 Å². The summed E-state index contributed by atoms with van der Waals surface area (Å²) in [6.45, 7) is 5.89. The summed E-state index contributed by atoms with van der Waals surface area (Å²) in [5.74, 6) is -0.174. The number of nitrogens with zero attached hydrogens (tertiary/aromatic N) is 3. The van der Waals surface area contributed by atoms with E-state index < -0.39 is 0 Å². The van der Waals surface area contributed by atoms with Crippen LogP contribution in [0.2, 0.25) is 0 Å². The summed E-state index contributed by atoms with van der Waals surface area (Å²) < 4.78 is 1.93. The third-order valence-electron chi connectivity index (χ3n) is 4.92. The lowest BCUT2D eigenvalue weighted by atomic mass is 10.1. The summed E-state index contributed by atoms with van der Waals surface area (Å²) in [7, 11) is 0. The van der Waals surface area contributed by atoms with E-state index >= 15 is 0 Å². The van der Waals surface area contributed by atoms with Crippen LogP contribution in [0.4, 0.5) is 16.2 Å². The highest BCUT2D eigenvalue weighted by molar-refractivity contribution is 6.04. The Morgan fingerprint density at radius 3 is 2.59 bits per heavy atom. The molecule has 0 unspecified atom stereocenters. The van der Waals surface area contributed by atoms with Gasteiger partial charge in [-0.05, 0) is 61.9 Å². The van der Waals surface area contributed by atoms with Crippen LogP contribution in [0.15, 0.2) is 54.6 Å². The standard InChI is InChI=1S/C22H23N5O2/c1-15-12-16(2)27(25-15)14-17-4-3-5-18(13-17)21(28)24-19-6-8-20(9-7-19)26-11-10-23-22(26)29/h3-9,12-13H,10-11,14H2,1-2H3,(H,23,29)(H,24,28). The molecular weight excluding hydrogens is 366 g/mol. The second kappa shape index (κ2) is 7.79. The zero-order valence-corrected chi connectivity index (χ0v) is 16.5. The van der Waals surface area contributed by atoms with Crippen LogP contribution in [-0.2, 0) is 6.54 Å². The van der Waals surface area contributed by atoms with Crippen molar-refractivity contribution in [3.63, 3.8) is 0 Å². The van der Waals surface area contributed by atoms with Crippen LogP contribution in [0.3, 0.4) is 0 Å². The maximum atomic E-state index is 12.7. The van der Waals surface area contributed by atoms with E-state index in [1.165, 1.54) is 0 Å². The normalized spacial score (nSPS) is 13.4. The van der Waals surface area contributed by atoms with E-state index in [4.69, 9.17) is 0 Å². The molecule has 1 fully saturated rings. The van der Waals surface area contributed by atoms with E-state index in [0.717, 1.165) is 22.6 Å². The fraction of sp³-hybridized carbons (Fsp3) is 0.227. The Kier molecular flexibility index (Phi) is 5.03. The van der Waals surface area contributed by atoms with Crippen LogP contribution in [-0.4, -0.2) is 34.8 Å². The van der Waals surface area contributed by atoms with Gasteiger partial charge in [-0.3, -0.25) is 14.4 Å². The van der Waals surface area contributed by atoms with Crippen molar-refractivity contribution >= 4 is 23.3 Å². The molecule has 1 aromatic heterocycles. The molecular formula is C22H23N5O2. The van der Waals surface area contributed by atoms with Gasteiger partial charge in [-0.2, -0.15) is 5.10 Å². The van der Waals surface area contributed by atoms with Crippen LogP contribution >= 0.6 is 0 Å². The minimum Gasteiger partial charge on any atom is -0.336 e. The number of carbonyl (C=O) groups excluding carboxylic acids is 2. The number of aromatic nitrogens is 2. The molecule has 2 aromatic carbocycles. The predicted octanol–water partition coefficient (Wildman–Crippen LogP) is 3.33. The van der Waals surface area contributed by atoms with Crippen molar-refractivity contribution in [1.82, 2.24) is 15.1 Å². The van der Waals surface area contributed by atoms with Crippen molar-refractivity contribution in [2.24, 2.45) is 0 Å². The van der Waals surface area contributed by atoms with Gasteiger partial charge in [-0.15, -0.1) is 0 Å². The maximum absolute atomic E-state index is 12.7. The minimum absolute atomic E-state index is 0.0961. The molecule has 0 atom stereocenters. The molecule has 148 valence electrons. The van der Waals surface area contributed by atoms with Gasteiger partial charge in [0.2, 0.25) is 0 Å². The Labute approximate surface area is 169 Å². The molecule has 0 aliphatic carbocycles. The van der Waals surface area contributed by atoms with Crippen molar-refractivity contribution in [1.29, 1.82) is 0 Å². The molecule has 1 aliphatic rings. The number of benzene rings is 2. The second-order valence-electron chi connectivity index (χ2n) is 7.17. The molecule has 1 aliphatic heterocycles. The summed E-state index contributed by atoms with van der Waals surface area (Å²) in [6, 6.07) is 16.8. The van der Waals surface area contributed by atoms with Crippen molar-refractivity contribution in [3.8, 4) is 0 Å². The first-order valence-electron chi connectivity index (χ1n) is 9.56. The van der Waals surface area contributed by atoms with Crippen molar-refractivity contribution in [3.05, 3.63) is 77.1 Å². The number of aryl methyl sites for hydroxylation is 2. The number of rotatable bonds is 5. The monoisotopic (exact) mass is 389 g/mol. The highest BCUT2D eigenvalue weighted by Gasteiger charge is 2.20. The molecule has 2 N–H and O–H groups in total. The predicted molar refractivity (Wildman–Crippen MR) is 112 cm³/mol. The third kappa shape index (κ3) is 4.13. The highest BCUT2D eigenvalue weighted by Crippen LogP contribution is 2.20. The number of hydrogen-bond donors (Lipinski definition) is 2. The molecule has 3 amide bonds. The summed E-state index contributed by atoms with van der Waals surface area (Å²) >= 11 is 0. The first kappa shape index (κ1) is 18.7. The molecule has 0 saturated carbocycles. The van der Waals surface area contributed by atoms with Gasteiger partial charge in [-0.25, -0.2) is 4.79 Å². The fourth-order valence-corrected chi connectivity index (χ4v) is 3.46. The van der Waals surface area contributed by atoms with E-state index in [9.17, 15) is 9.59 Å². The largest absolute Gasteiger partial charge is 0.336 e. The zero-order valence-electron chi connectivity index (χ0n) is 16.5. The number of amides is 3. The molecule has 0 spiro atoms. The van der Waals surface area contributed by atoms with Gasteiger partial charge in [0.15, 0.2) is 0 Å². The lowest BCUT2D eigenvalue weighted by Gasteiger charge is -2.15. The Bertz CT molecular complexity index is 1060.